The van der Waals surface area contributed by atoms with E-state index in [1.807, 2.05) is 0 Å². The van der Waals surface area contributed by atoms with Gasteiger partial charge in [0.05, 0.1) is 11.0 Å². The summed E-state index contributed by atoms with van der Waals surface area (Å²) in [6, 6.07) is 11.5. The van der Waals surface area contributed by atoms with E-state index < -0.39 is 5.95 Å². The van der Waals surface area contributed by atoms with Crippen molar-refractivity contribution in [2.75, 3.05) is 5.32 Å². The first-order valence-corrected chi connectivity index (χ1v) is 7.80. The summed E-state index contributed by atoms with van der Waals surface area (Å²) in [5.74, 6) is -0.902. The number of anilines is 1. The minimum Gasteiger partial charge on any atom is -0.321 e. The molecule has 1 N–H and O–H groups in total. The summed E-state index contributed by atoms with van der Waals surface area (Å²) in [6.07, 6.45) is 6.12. The fraction of sp³-hybridized carbons (Fsp3) is 0. The summed E-state index contributed by atoms with van der Waals surface area (Å²) in [4.78, 5) is 28.7. The molecular weight excluding hydrogens is 333 g/mol. The van der Waals surface area contributed by atoms with Crippen LogP contribution in [0.3, 0.4) is 0 Å². The first-order chi connectivity index (χ1) is 12.7. The molecule has 6 nitrogen and oxygen atoms in total. The minimum atomic E-state index is -0.566. The van der Waals surface area contributed by atoms with Gasteiger partial charge in [-0.2, -0.15) is 4.39 Å². The number of pyridine rings is 2. The molecule has 0 spiro atoms. The van der Waals surface area contributed by atoms with Gasteiger partial charge in [0.1, 0.15) is 5.69 Å². The number of hydrogen-bond donors (Lipinski definition) is 1. The number of rotatable bonds is 3. The van der Waals surface area contributed by atoms with Crippen molar-refractivity contribution >= 4 is 22.6 Å². The van der Waals surface area contributed by atoms with E-state index in [1.54, 1.807) is 55.0 Å². The molecule has 0 saturated heterocycles. The smallest absolute Gasteiger partial charge is 0.274 e. The monoisotopic (exact) mass is 345 g/mol. The molecule has 0 radical (unpaired) electrons. The lowest BCUT2D eigenvalue weighted by Gasteiger charge is -2.10. The molecule has 126 valence electrons. The zero-order valence-corrected chi connectivity index (χ0v) is 13.4. The number of aromatic nitrogens is 4. The molecule has 4 rings (SSSR count). The summed E-state index contributed by atoms with van der Waals surface area (Å²) >= 11 is 0. The Kier molecular flexibility index (Phi) is 4.03. The number of nitrogens with zero attached hydrogens (tertiary/aromatic N) is 4. The van der Waals surface area contributed by atoms with Crippen LogP contribution in [-0.4, -0.2) is 25.8 Å². The molecule has 3 aromatic heterocycles. The summed E-state index contributed by atoms with van der Waals surface area (Å²) in [7, 11) is 0. The molecule has 0 unspecified atom stereocenters. The summed E-state index contributed by atoms with van der Waals surface area (Å²) in [5, 5.41) is 2.81. The predicted molar refractivity (Wildman–Crippen MR) is 94.9 cm³/mol. The highest BCUT2D eigenvalue weighted by atomic mass is 19.1. The van der Waals surface area contributed by atoms with E-state index in [4.69, 9.17) is 0 Å². The van der Waals surface area contributed by atoms with Crippen LogP contribution in [-0.2, 0) is 0 Å². The van der Waals surface area contributed by atoms with Crippen LogP contribution in [0.2, 0.25) is 0 Å². The van der Waals surface area contributed by atoms with Gasteiger partial charge >= 0.3 is 0 Å². The van der Waals surface area contributed by atoms with Crippen LogP contribution in [0.25, 0.3) is 22.2 Å². The molecule has 0 bridgehead atoms. The van der Waals surface area contributed by atoms with Gasteiger partial charge in [0, 0.05) is 41.6 Å². The minimum absolute atomic E-state index is 0.303. The predicted octanol–water partition coefficient (Wildman–Crippen LogP) is 3.48. The van der Waals surface area contributed by atoms with E-state index in [1.165, 1.54) is 12.3 Å². The molecule has 0 fully saturated rings. The van der Waals surface area contributed by atoms with Crippen LogP contribution in [0.15, 0.2) is 67.3 Å². The second-order valence-electron chi connectivity index (χ2n) is 5.49. The SMILES string of the molecule is O=C(Nc1cc(-c2ccc(F)nc2)c2nccnc2c1)c1ccccn1. The average molecular weight is 345 g/mol. The topological polar surface area (TPSA) is 80.7 Å². The molecule has 4 aromatic rings. The number of amides is 1. The van der Waals surface area contributed by atoms with E-state index in [0.717, 1.165) is 0 Å². The van der Waals surface area contributed by atoms with Crippen molar-refractivity contribution in [1.29, 1.82) is 0 Å². The van der Waals surface area contributed by atoms with Gasteiger partial charge in [0.25, 0.3) is 5.91 Å². The third-order valence-corrected chi connectivity index (χ3v) is 3.77. The van der Waals surface area contributed by atoms with Gasteiger partial charge in [-0.15, -0.1) is 0 Å². The average Bonchev–Trinajstić information content (AvgIpc) is 2.69. The molecule has 0 aliphatic heterocycles. The Labute approximate surface area is 147 Å². The quantitative estimate of drug-likeness (QED) is 0.575. The summed E-state index contributed by atoms with van der Waals surface area (Å²) < 4.78 is 13.2. The highest BCUT2D eigenvalue weighted by Gasteiger charge is 2.12. The van der Waals surface area contributed by atoms with Gasteiger partial charge in [-0.3, -0.25) is 19.7 Å². The number of benzene rings is 1. The first-order valence-electron chi connectivity index (χ1n) is 7.80. The van der Waals surface area contributed by atoms with E-state index in [0.29, 0.717) is 33.5 Å². The van der Waals surface area contributed by atoms with Crippen LogP contribution in [0, 0.1) is 5.95 Å². The molecule has 0 aliphatic rings. The van der Waals surface area contributed by atoms with Gasteiger partial charge in [-0.05, 0) is 36.4 Å². The Morgan fingerprint density at radius 1 is 0.923 bits per heavy atom. The Morgan fingerprint density at radius 3 is 2.58 bits per heavy atom. The van der Waals surface area contributed by atoms with Crippen LogP contribution in [0.4, 0.5) is 10.1 Å². The first kappa shape index (κ1) is 15.8. The van der Waals surface area contributed by atoms with E-state index >= 15 is 0 Å². The fourth-order valence-electron chi connectivity index (χ4n) is 2.59. The number of carbonyl (C=O) groups is 1. The van der Waals surface area contributed by atoms with E-state index in [-0.39, 0.29) is 5.91 Å². The van der Waals surface area contributed by atoms with Crippen molar-refractivity contribution in [3.05, 3.63) is 78.9 Å². The molecule has 1 amide bonds. The van der Waals surface area contributed by atoms with Gasteiger partial charge in [0.2, 0.25) is 5.95 Å². The van der Waals surface area contributed by atoms with Gasteiger partial charge in [-0.1, -0.05) is 6.07 Å². The van der Waals surface area contributed by atoms with Crippen LogP contribution in [0.5, 0.6) is 0 Å². The molecular formula is C19H12FN5O. The highest BCUT2D eigenvalue weighted by Crippen LogP contribution is 2.29. The van der Waals surface area contributed by atoms with Crippen molar-refractivity contribution < 1.29 is 9.18 Å². The molecule has 0 atom stereocenters. The normalized spacial score (nSPS) is 10.7. The lowest BCUT2D eigenvalue weighted by atomic mass is 10.0. The zero-order chi connectivity index (χ0) is 17.9. The second-order valence-corrected chi connectivity index (χ2v) is 5.49. The maximum absolute atomic E-state index is 13.2. The number of halogens is 1. The molecule has 7 heteroatoms. The van der Waals surface area contributed by atoms with E-state index in [2.05, 4.69) is 25.3 Å². The number of carbonyl (C=O) groups excluding carboxylic acids is 1. The van der Waals surface area contributed by atoms with Crippen molar-refractivity contribution in [2.45, 2.75) is 0 Å². The Balaban J connectivity index is 1.79. The third kappa shape index (κ3) is 3.10. The Hall–Kier alpha value is -3.74. The number of fused-ring (bicyclic) bond motifs is 1. The second kappa shape index (κ2) is 6.64. The van der Waals surface area contributed by atoms with Gasteiger partial charge < -0.3 is 5.32 Å². The summed E-state index contributed by atoms with van der Waals surface area (Å²) in [5.41, 5.74) is 3.44. The Morgan fingerprint density at radius 2 is 1.81 bits per heavy atom. The van der Waals surface area contributed by atoms with Gasteiger partial charge in [0.15, 0.2) is 0 Å². The number of nitrogens with one attached hydrogen (secondary N) is 1. The third-order valence-electron chi connectivity index (χ3n) is 3.77. The fourth-order valence-corrected chi connectivity index (χ4v) is 2.59. The standard InChI is InChI=1S/C19H12FN5O/c20-17-5-4-12(11-24-17)14-9-13(10-16-18(14)23-8-7-22-16)25-19(26)15-3-1-2-6-21-15/h1-11H,(H,25,26). The Bertz CT molecular complexity index is 1080. The summed E-state index contributed by atoms with van der Waals surface area (Å²) in [6.45, 7) is 0. The molecule has 0 aliphatic carbocycles. The van der Waals surface area contributed by atoms with Gasteiger partial charge in [-0.25, -0.2) is 4.98 Å². The molecule has 3 heterocycles. The molecule has 26 heavy (non-hydrogen) atoms. The van der Waals surface area contributed by atoms with Crippen molar-refractivity contribution in [1.82, 2.24) is 19.9 Å². The lowest BCUT2D eigenvalue weighted by Crippen LogP contribution is -2.13. The van der Waals surface area contributed by atoms with Crippen LogP contribution >= 0.6 is 0 Å². The molecule has 0 saturated carbocycles. The van der Waals surface area contributed by atoms with Crippen molar-refractivity contribution in [3.63, 3.8) is 0 Å². The zero-order valence-electron chi connectivity index (χ0n) is 13.4. The maximum atomic E-state index is 13.2. The van der Waals surface area contributed by atoms with E-state index in [9.17, 15) is 9.18 Å². The highest BCUT2D eigenvalue weighted by molar-refractivity contribution is 6.05. The van der Waals surface area contributed by atoms with Crippen LogP contribution in [0.1, 0.15) is 10.5 Å². The lowest BCUT2D eigenvalue weighted by molar-refractivity contribution is 0.102. The van der Waals surface area contributed by atoms with Crippen molar-refractivity contribution in [2.24, 2.45) is 0 Å². The van der Waals surface area contributed by atoms with Crippen molar-refractivity contribution in [3.8, 4) is 11.1 Å². The number of hydrogen-bond acceptors (Lipinski definition) is 5. The molecule has 1 aromatic carbocycles. The largest absolute Gasteiger partial charge is 0.321 e. The van der Waals surface area contributed by atoms with Crippen LogP contribution < -0.4 is 5.32 Å². The maximum Gasteiger partial charge on any atom is 0.274 e.